The fourth-order valence-corrected chi connectivity index (χ4v) is 2.50. The van der Waals surface area contributed by atoms with Crippen molar-refractivity contribution in [3.05, 3.63) is 41.0 Å². The predicted molar refractivity (Wildman–Crippen MR) is 87.1 cm³/mol. The van der Waals surface area contributed by atoms with Crippen molar-refractivity contribution >= 4 is 38.2 Å². The molecule has 2 aromatic heterocycles. The average molecular weight is 347 g/mol. The van der Waals surface area contributed by atoms with Crippen LogP contribution < -0.4 is 11.1 Å². The summed E-state index contributed by atoms with van der Waals surface area (Å²) < 4.78 is 2.61. The van der Waals surface area contributed by atoms with Crippen molar-refractivity contribution in [1.29, 1.82) is 0 Å². The molecule has 3 rings (SSSR count). The van der Waals surface area contributed by atoms with Crippen molar-refractivity contribution in [1.82, 2.24) is 19.7 Å². The summed E-state index contributed by atoms with van der Waals surface area (Å²) in [7, 11) is 1.86. The van der Waals surface area contributed by atoms with Crippen LogP contribution in [0.2, 0.25) is 0 Å². The first-order chi connectivity index (χ1) is 10.1. The van der Waals surface area contributed by atoms with E-state index in [-0.39, 0.29) is 0 Å². The molecule has 7 heteroatoms. The summed E-state index contributed by atoms with van der Waals surface area (Å²) in [5.74, 6) is 0.820. The summed E-state index contributed by atoms with van der Waals surface area (Å²) in [5, 5.41) is 8.56. The fourth-order valence-electron chi connectivity index (χ4n) is 2.17. The molecule has 108 valence electrons. The van der Waals surface area contributed by atoms with E-state index in [0.717, 1.165) is 45.5 Å². The van der Waals surface area contributed by atoms with Gasteiger partial charge in [-0.05, 0) is 34.1 Å². The molecule has 0 aliphatic heterocycles. The molecule has 2 heterocycles. The second-order valence-electron chi connectivity index (χ2n) is 4.76. The van der Waals surface area contributed by atoms with E-state index in [2.05, 4.69) is 36.3 Å². The lowest BCUT2D eigenvalue weighted by Crippen LogP contribution is -2.07. The van der Waals surface area contributed by atoms with Gasteiger partial charge in [0.2, 0.25) is 0 Å². The summed E-state index contributed by atoms with van der Waals surface area (Å²) in [6.07, 6.45) is 4.23. The Labute approximate surface area is 130 Å². The molecule has 0 saturated carbocycles. The number of nitrogens with one attached hydrogen (secondary N) is 1. The van der Waals surface area contributed by atoms with Crippen molar-refractivity contribution in [2.24, 2.45) is 7.05 Å². The highest BCUT2D eigenvalue weighted by Gasteiger charge is 2.06. The monoisotopic (exact) mass is 346 g/mol. The van der Waals surface area contributed by atoms with Gasteiger partial charge in [0.05, 0.1) is 11.2 Å². The maximum absolute atomic E-state index is 6.01. The number of benzene rings is 1. The van der Waals surface area contributed by atoms with Crippen molar-refractivity contribution in [3.8, 4) is 0 Å². The number of aryl methyl sites for hydroxylation is 1. The van der Waals surface area contributed by atoms with E-state index in [0.29, 0.717) is 0 Å². The first kappa shape index (κ1) is 13.8. The van der Waals surface area contributed by atoms with Crippen molar-refractivity contribution in [2.45, 2.75) is 6.42 Å². The number of nitrogens with two attached hydrogens (primary N) is 1. The van der Waals surface area contributed by atoms with Gasteiger partial charge in [-0.1, -0.05) is 0 Å². The Balaban J connectivity index is 1.79. The summed E-state index contributed by atoms with van der Waals surface area (Å²) in [6, 6.07) is 5.81. The molecule has 3 N–H and O–H groups in total. The van der Waals surface area contributed by atoms with Gasteiger partial charge in [-0.3, -0.25) is 9.67 Å². The molecule has 0 saturated heterocycles. The van der Waals surface area contributed by atoms with Gasteiger partial charge in [0.15, 0.2) is 5.82 Å². The Morgan fingerprint density at radius 3 is 2.95 bits per heavy atom. The summed E-state index contributed by atoms with van der Waals surface area (Å²) in [5.41, 5.74) is 8.55. The van der Waals surface area contributed by atoms with Crippen LogP contribution in [0, 0.1) is 0 Å². The Morgan fingerprint density at radius 2 is 2.19 bits per heavy atom. The standard InChI is InChI=1S/C14H15BrN6/c1-21-8-19-13(20-21)4-5-17-12-3-2-11(16)10-6-9(15)7-18-14(10)12/h2-3,6-8,17H,4-5,16H2,1H3. The van der Waals surface area contributed by atoms with E-state index < -0.39 is 0 Å². The number of hydrogen-bond acceptors (Lipinski definition) is 5. The maximum Gasteiger partial charge on any atom is 0.152 e. The number of nitrogen functional groups attached to an aromatic ring is 1. The molecule has 0 fully saturated rings. The molecule has 0 unspecified atom stereocenters. The van der Waals surface area contributed by atoms with Crippen molar-refractivity contribution in [2.75, 3.05) is 17.6 Å². The molecule has 3 aromatic rings. The third-order valence-corrected chi connectivity index (χ3v) is 3.59. The zero-order valence-corrected chi connectivity index (χ0v) is 13.1. The zero-order chi connectivity index (χ0) is 14.8. The zero-order valence-electron chi connectivity index (χ0n) is 11.5. The van der Waals surface area contributed by atoms with Gasteiger partial charge >= 0.3 is 0 Å². The van der Waals surface area contributed by atoms with Gasteiger partial charge in [0, 0.05) is 41.8 Å². The quantitative estimate of drug-likeness (QED) is 0.708. The summed E-state index contributed by atoms with van der Waals surface area (Å²) in [6.45, 7) is 0.737. The Kier molecular flexibility index (Phi) is 3.74. The van der Waals surface area contributed by atoms with Crippen LogP contribution in [-0.4, -0.2) is 26.3 Å². The minimum absolute atomic E-state index is 0.718. The number of fused-ring (bicyclic) bond motifs is 1. The molecular weight excluding hydrogens is 332 g/mol. The molecule has 0 atom stereocenters. The van der Waals surface area contributed by atoms with Crippen LogP contribution in [-0.2, 0) is 13.5 Å². The SMILES string of the molecule is Cn1cnc(CCNc2ccc(N)c3cc(Br)cnc23)n1. The van der Waals surface area contributed by atoms with Gasteiger partial charge < -0.3 is 11.1 Å². The molecule has 0 aliphatic rings. The fraction of sp³-hybridized carbons (Fsp3) is 0.214. The van der Waals surface area contributed by atoms with Crippen LogP contribution in [0.15, 0.2) is 35.2 Å². The molecule has 0 amide bonds. The lowest BCUT2D eigenvalue weighted by Gasteiger charge is -2.10. The normalized spacial score (nSPS) is 11.0. The summed E-state index contributed by atoms with van der Waals surface area (Å²) >= 11 is 3.42. The van der Waals surface area contributed by atoms with Gasteiger partial charge in [-0.15, -0.1) is 0 Å². The predicted octanol–water partition coefficient (Wildman–Crippen LogP) is 2.36. The molecule has 21 heavy (non-hydrogen) atoms. The number of rotatable bonds is 4. The van der Waals surface area contributed by atoms with Crippen LogP contribution in [0.25, 0.3) is 10.9 Å². The number of anilines is 2. The van der Waals surface area contributed by atoms with Gasteiger partial charge in [-0.25, -0.2) is 4.98 Å². The van der Waals surface area contributed by atoms with E-state index in [1.807, 2.05) is 25.2 Å². The Bertz CT molecular complexity index is 782. The largest absolute Gasteiger partial charge is 0.398 e. The van der Waals surface area contributed by atoms with Crippen LogP contribution >= 0.6 is 15.9 Å². The van der Waals surface area contributed by atoms with Crippen LogP contribution in [0.4, 0.5) is 11.4 Å². The molecular formula is C14H15BrN6. The van der Waals surface area contributed by atoms with Crippen molar-refractivity contribution in [3.63, 3.8) is 0 Å². The first-order valence-electron chi connectivity index (χ1n) is 6.55. The highest BCUT2D eigenvalue weighted by atomic mass is 79.9. The van der Waals surface area contributed by atoms with E-state index in [9.17, 15) is 0 Å². The third-order valence-electron chi connectivity index (χ3n) is 3.16. The number of nitrogens with zero attached hydrogens (tertiary/aromatic N) is 4. The molecule has 6 nitrogen and oxygen atoms in total. The highest BCUT2D eigenvalue weighted by molar-refractivity contribution is 9.10. The highest BCUT2D eigenvalue weighted by Crippen LogP contribution is 2.28. The first-order valence-corrected chi connectivity index (χ1v) is 7.35. The van der Waals surface area contributed by atoms with Crippen molar-refractivity contribution < 1.29 is 0 Å². The minimum Gasteiger partial charge on any atom is -0.398 e. The molecule has 0 bridgehead atoms. The summed E-state index contributed by atoms with van der Waals surface area (Å²) in [4.78, 5) is 8.65. The average Bonchev–Trinajstić information content (AvgIpc) is 2.87. The second kappa shape index (κ2) is 5.69. The van der Waals surface area contributed by atoms with E-state index >= 15 is 0 Å². The number of aromatic nitrogens is 4. The smallest absolute Gasteiger partial charge is 0.152 e. The van der Waals surface area contributed by atoms with E-state index in [1.54, 1.807) is 17.2 Å². The Hall–Kier alpha value is -2.15. The molecule has 0 spiro atoms. The van der Waals surface area contributed by atoms with Crippen LogP contribution in [0.1, 0.15) is 5.82 Å². The molecule has 0 aliphatic carbocycles. The maximum atomic E-state index is 6.01. The number of pyridine rings is 1. The topological polar surface area (TPSA) is 81.7 Å². The number of halogens is 1. The third kappa shape index (κ3) is 2.97. The van der Waals surface area contributed by atoms with Crippen LogP contribution in [0.3, 0.4) is 0 Å². The van der Waals surface area contributed by atoms with Gasteiger partial charge in [0.1, 0.15) is 6.33 Å². The minimum atomic E-state index is 0.718. The molecule has 0 radical (unpaired) electrons. The molecule has 1 aromatic carbocycles. The van der Waals surface area contributed by atoms with Gasteiger partial charge in [-0.2, -0.15) is 5.10 Å². The number of hydrogen-bond donors (Lipinski definition) is 2. The van der Waals surface area contributed by atoms with Gasteiger partial charge in [0.25, 0.3) is 0 Å². The lowest BCUT2D eigenvalue weighted by atomic mass is 10.1. The second-order valence-corrected chi connectivity index (χ2v) is 5.68. The van der Waals surface area contributed by atoms with Crippen LogP contribution in [0.5, 0.6) is 0 Å². The van der Waals surface area contributed by atoms with E-state index in [1.165, 1.54) is 0 Å². The Morgan fingerprint density at radius 1 is 1.33 bits per heavy atom. The lowest BCUT2D eigenvalue weighted by molar-refractivity contribution is 0.742. The van der Waals surface area contributed by atoms with E-state index in [4.69, 9.17) is 5.73 Å².